The third-order valence-corrected chi connectivity index (χ3v) is 11.6. The second-order valence-electron chi connectivity index (χ2n) is 15.9. The molecule has 1 aliphatic heterocycles. The van der Waals surface area contributed by atoms with Gasteiger partial charge in [0.15, 0.2) is 5.84 Å². The molecule has 1 aliphatic rings. The van der Waals surface area contributed by atoms with Crippen molar-refractivity contribution in [1.82, 2.24) is 4.57 Å². The molecule has 0 aliphatic carbocycles. The maximum atomic E-state index is 4.60. The smallest absolute Gasteiger partial charge is 0.154 e. The molecule has 5 nitrogen and oxygen atoms in total. The summed E-state index contributed by atoms with van der Waals surface area (Å²) < 4.78 is 2.42. The van der Waals surface area contributed by atoms with E-state index in [-0.39, 0.29) is 0 Å². The van der Waals surface area contributed by atoms with Crippen LogP contribution in [0.3, 0.4) is 0 Å². The van der Waals surface area contributed by atoms with Crippen LogP contribution in [0.5, 0.6) is 0 Å². The van der Waals surface area contributed by atoms with Gasteiger partial charge in [0.25, 0.3) is 0 Å². The van der Waals surface area contributed by atoms with Gasteiger partial charge >= 0.3 is 0 Å². The maximum absolute atomic E-state index is 4.60. The highest BCUT2D eigenvalue weighted by atomic mass is 15.1. The van der Waals surface area contributed by atoms with Crippen LogP contribution in [-0.2, 0) is 6.54 Å². The molecular weight excluding hydrogens is 791 g/mol. The van der Waals surface area contributed by atoms with Gasteiger partial charge in [-0.25, -0.2) is 4.99 Å². The Bertz CT molecular complexity index is 3370. The average molecular weight is 840 g/mol. The van der Waals surface area contributed by atoms with Crippen LogP contribution in [0.4, 0.5) is 11.4 Å². The van der Waals surface area contributed by atoms with Gasteiger partial charge in [-0.15, -0.1) is 0 Å². The topological polar surface area (TPSA) is 45.2 Å². The fourth-order valence-corrected chi connectivity index (χ4v) is 8.59. The zero-order valence-electron chi connectivity index (χ0n) is 36.6. The first-order chi connectivity index (χ1) is 32.0. The first kappa shape index (κ1) is 41.9. The Kier molecular flexibility index (Phi) is 12.5. The van der Waals surface area contributed by atoms with E-state index in [1.807, 2.05) is 61.5 Å². The van der Waals surface area contributed by atoms with E-state index in [9.17, 15) is 0 Å². The Hall–Kier alpha value is -8.41. The van der Waals surface area contributed by atoms with Crippen molar-refractivity contribution in [2.75, 3.05) is 11.4 Å². The molecule has 314 valence electrons. The van der Waals surface area contributed by atoms with E-state index >= 15 is 0 Å². The van der Waals surface area contributed by atoms with Gasteiger partial charge in [-0.2, -0.15) is 0 Å². The predicted octanol–water partition coefficient (Wildman–Crippen LogP) is 15.3. The molecule has 9 aromatic rings. The minimum atomic E-state index is 0.572. The van der Waals surface area contributed by atoms with Crippen LogP contribution in [0, 0.1) is 0 Å². The minimum Gasteiger partial charge on any atom is -0.316 e. The molecule has 0 saturated heterocycles. The summed E-state index contributed by atoms with van der Waals surface area (Å²) in [5.74, 6) is 0.670. The highest BCUT2D eigenvalue weighted by molar-refractivity contribution is 6.20. The zero-order valence-corrected chi connectivity index (χ0v) is 36.6. The summed E-state index contributed by atoms with van der Waals surface area (Å²) in [6, 6.07) is 61.8. The highest BCUT2D eigenvalue weighted by Crippen LogP contribution is 2.43. The van der Waals surface area contributed by atoms with Crippen LogP contribution in [-0.4, -0.2) is 30.4 Å². The van der Waals surface area contributed by atoms with Crippen molar-refractivity contribution in [1.29, 1.82) is 0 Å². The van der Waals surface area contributed by atoms with Crippen molar-refractivity contribution in [2.24, 2.45) is 15.0 Å². The monoisotopic (exact) mass is 839 g/mol. The number of nitrogens with zero attached hydrogens (tertiary/aromatic N) is 5. The van der Waals surface area contributed by atoms with E-state index < -0.39 is 0 Å². The molecule has 0 amide bonds. The van der Waals surface area contributed by atoms with Gasteiger partial charge in [-0.3, -0.25) is 9.98 Å². The SMILES string of the molecule is C=NC(=NCC(/C=C\C)=C/c1ccccc1)c1ccccc1.C=NCc1ccc2cc(N3/C=C\C=C/C(=C)c4cc5c6ccc7ccccc7c6n(-c6ccccc6)c5cc43)ccc2c1. The van der Waals surface area contributed by atoms with E-state index in [2.05, 4.69) is 208 Å². The first-order valence-corrected chi connectivity index (χ1v) is 21.8. The molecule has 8 aromatic carbocycles. The molecule has 0 atom stereocenters. The van der Waals surface area contributed by atoms with Crippen molar-refractivity contribution in [3.63, 3.8) is 0 Å². The summed E-state index contributed by atoms with van der Waals surface area (Å²) in [5, 5.41) is 7.29. The average Bonchev–Trinajstić information content (AvgIpc) is 3.68. The van der Waals surface area contributed by atoms with Gasteiger partial charge in [0, 0.05) is 44.9 Å². The van der Waals surface area contributed by atoms with Gasteiger partial charge in [-0.05, 0) is 113 Å². The van der Waals surface area contributed by atoms with Crippen LogP contribution in [0.15, 0.2) is 240 Å². The molecule has 1 aromatic heterocycles. The lowest BCUT2D eigenvalue weighted by Crippen LogP contribution is -2.11. The van der Waals surface area contributed by atoms with Crippen LogP contribution < -0.4 is 4.90 Å². The van der Waals surface area contributed by atoms with Crippen molar-refractivity contribution in [3.8, 4) is 5.69 Å². The van der Waals surface area contributed by atoms with Gasteiger partial charge in [0.2, 0.25) is 0 Å². The molecule has 0 N–H and O–H groups in total. The van der Waals surface area contributed by atoms with Crippen molar-refractivity contribution < 1.29 is 0 Å². The number of hydrogen-bond donors (Lipinski definition) is 0. The predicted molar refractivity (Wildman–Crippen MR) is 282 cm³/mol. The lowest BCUT2D eigenvalue weighted by atomic mass is 9.98. The lowest BCUT2D eigenvalue weighted by molar-refractivity contribution is 1.09. The van der Waals surface area contributed by atoms with Gasteiger partial charge in [0.05, 0.1) is 29.8 Å². The number of benzene rings is 8. The molecule has 0 spiro atoms. The number of allylic oxidation sites excluding steroid dienone is 5. The lowest BCUT2D eigenvalue weighted by Gasteiger charge is -2.26. The van der Waals surface area contributed by atoms with E-state index in [4.69, 9.17) is 0 Å². The fraction of sp³-hybridized carbons (Fsp3) is 0.0500. The minimum absolute atomic E-state index is 0.572. The standard InChI is InChI=1S/C40H29N3.C20H20N2/c1-27-10-8-9-21-42(33-19-17-30-22-28(26-41-2)15-16-31(30)23-33)38-25-39-37(24-36(27)38)35-20-18-29-11-6-7-14-34(29)40(35)43(39)32-12-4-3-5-13-32;1-3-10-18(15-17-11-6-4-7-12-17)16-22-20(21-2)19-13-8-5-9-14-19/h3-25H,1-2,26H2;3-15H,2,16H2,1H3/b10-8-,21-9-;10-3-,18-15+,22-20?. The molecule has 0 bridgehead atoms. The normalized spacial score (nSPS) is 13.9. The Morgan fingerprint density at radius 3 is 2.11 bits per heavy atom. The number of hydrogen-bond acceptors (Lipinski definition) is 3. The largest absolute Gasteiger partial charge is 0.316 e. The summed E-state index contributed by atoms with van der Waals surface area (Å²) in [7, 11) is 0. The number of para-hydroxylation sites is 1. The Labute approximate surface area is 381 Å². The molecule has 0 saturated carbocycles. The molecule has 0 radical (unpaired) electrons. The molecule has 2 heterocycles. The molecule has 65 heavy (non-hydrogen) atoms. The summed E-state index contributed by atoms with van der Waals surface area (Å²) in [5.41, 5.74) is 12.2. The third-order valence-electron chi connectivity index (χ3n) is 11.6. The van der Waals surface area contributed by atoms with E-state index in [0.717, 1.165) is 50.4 Å². The van der Waals surface area contributed by atoms with E-state index in [1.165, 1.54) is 43.4 Å². The molecule has 0 unspecified atom stereocenters. The number of fused-ring (bicyclic) bond motifs is 7. The number of aliphatic imine (C=N–C) groups is 3. The number of rotatable bonds is 9. The fourth-order valence-electron chi connectivity index (χ4n) is 8.59. The third kappa shape index (κ3) is 8.95. The Balaban J connectivity index is 0.000000205. The Morgan fingerprint density at radius 1 is 0.631 bits per heavy atom. The van der Waals surface area contributed by atoms with E-state index in [1.54, 1.807) is 0 Å². The first-order valence-electron chi connectivity index (χ1n) is 21.8. The van der Waals surface area contributed by atoms with Crippen LogP contribution >= 0.6 is 0 Å². The zero-order chi connectivity index (χ0) is 44.5. The number of amidine groups is 1. The summed E-state index contributed by atoms with van der Waals surface area (Å²) in [4.78, 5) is 15.0. The van der Waals surface area contributed by atoms with Crippen molar-refractivity contribution >= 4 is 85.6 Å². The molecule has 0 fully saturated rings. The second kappa shape index (κ2) is 19.3. The highest BCUT2D eigenvalue weighted by Gasteiger charge is 2.21. The Morgan fingerprint density at radius 2 is 1.34 bits per heavy atom. The molecular formula is C60H49N5. The van der Waals surface area contributed by atoms with Gasteiger partial charge in [-0.1, -0.05) is 164 Å². The second-order valence-corrected chi connectivity index (χ2v) is 15.9. The van der Waals surface area contributed by atoms with Crippen LogP contribution in [0.1, 0.15) is 29.2 Å². The van der Waals surface area contributed by atoms with E-state index in [0.29, 0.717) is 18.9 Å². The van der Waals surface area contributed by atoms with Crippen molar-refractivity contribution in [3.05, 3.63) is 247 Å². The quantitative estimate of drug-likeness (QED) is 0.0811. The molecule has 5 heteroatoms. The van der Waals surface area contributed by atoms with Gasteiger partial charge in [0.1, 0.15) is 0 Å². The number of aromatic nitrogens is 1. The van der Waals surface area contributed by atoms with Crippen LogP contribution in [0.2, 0.25) is 0 Å². The summed E-state index contributed by atoms with van der Waals surface area (Å²) in [6.07, 6.45) is 14.6. The number of anilines is 2. The van der Waals surface area contributed by atoms with Crippen LogP contribution in [0.25, 0.3) is 60.7 Å². The molecule has 10 rings (SSSR count). The summed E-state index contributed by atoms with van der Waals surface area (Å²) in [6.45, 7) is 15.0. The van der Waals surface area contributed by atoms with Gasteiger partial charge < -0.3 is 9.47 Å². The summed E-state index contributed by atoms with van der Waals surface area (Å²) >= 11 is 0. The van der Waals surface area contributed by atoms with Crippen molar-refractivity contribution in [2.45, 2.75) is 13.5 Å². The maximum Gasteiger partial charge on any atom is 0.154 e.